The van der Waals surface area contributed by atoms with Crippen LogP contribution in [0.3, 0.4) is 0 Å². The van der Waals surface area contributed by atoms with Crippen molar-refractivity contribution in [1.29, 1.82) is 0 Å². The van der Waals surface area contributed by atoms with E-state index in [0.717, 1.165) is 42.1 Å². The van der Waals surface area contributed by atoms with Crippen molar-refractivity contribution >= 4 is 17.7 Å². The first-order valence-corrected chi connectivity index (χ1v) is 6.94. The Bertz CT molecular complexity index is 990. The number of halogens is 3. The lowest BCUT2D eigenvalue weighted by Gasteiger charge is -2.09. The summed E-state index contributed by atoms with van der Waals surface area (Å²) in [6, 6.07) is 3.98. The van der Waals surface area contributed by atoms with Crippen LogP contribution in [-0.4, -0.2) is 20.3 Å². The topological polar surface area (TPSA) is 112 Å². The first-order valence-electron chi connectivity index (χ1n) is 6.94. The fourth-order valence-electron chi connectivity index (χ4n) is 2.05. The van der Waals surface area contributed by atoms with Gasteiger partial charge >= 0.3 is 23.1 Å². The predicted octanol–water partition coefficient (Wildman–Crippen LogP) is 1.46. The Morgan fingerprint density at radius 3 is 2.23 bits per heavy atom. The molecule has 0 saturated carbocycles. The molecule has 0 radical (unpaired) electrons. The third-order valence-electron chi connectivity index (χ3n) is 3.45. The standard InChI is InChI=1S/C14H12F3N5O4/c1-20-11(10(22(25)26)12(23)21(2)13(20)24)19-18-7-8-3-5-9(6-4-8)14(15,16)17/h3-7,19H,1-2H3. The second-order valence-corrected chi connectivity index (χ2v) is 5.15. The van der Waals surface area contributed by atoms with Gasteiger partial charge in [0.25, 0.3) is 0 Å². The fraction of sp³-hybridized carbons (Fsp3) is 0.214. The number of nitrogens with one attached hydrogen (secondary N) is 1. The molecule has 0 spiro atoms. The van der Waals surface area contributed by atoms with Crippen LogP contribution in [0.15, 0.2) is 39.0 Å². The van der Waals surface area contributed by atoms with E-state index in [2.05, 4.69) is 10.5 Å². The summed E-state index contributed by atoms with van der Waals surface area (Å²) in [7, 11) is 2.29. The number of anilines is 1. The van der Waals surface area contributed by atoms with Crippen LogP contribution >= 0.6 is 0 Å². The third kappa shape index (κ3) is 3.63. The number of hydrazone groups is 1. The monoisotopic (exact) mass is 371 g/mol. The smallest absolute Gasteiger partial charge is 0.276 e. The molecule has 0 amide bonds. The zero-order chi connectivity index (χ0) is 19.6. The molecule has 1 heterocycles. The maximum atomic E-state index is 12.5. The average Bonchev–Trinajstić information content (AvgIpc) is 2.56. The fourth-order valence-corrected chi connectivity index (χ4v) is 2.05. The highest BCUT2D eigenvalue weighted by Crippen LogP contribution is 2.28. The molecule has 1 N–H and O–H groups in total. The van der Waals surface area contributed by atoms with Gasteiger partial charge in [-0.05, 0) is 17.7 Å². The van der Waals surface area contributed by atoms with Crippen LogP contribution in [0.5, 0.6) is 0 Å². The molecule has 12 heteroatoms. The predicted molar refractivity (Wildman–Crippen MR) is 86.2 cm³/mol. The molecule has 0 atom stereocenters. The molecule has 0 fully saturated rings. The summed E-state index contributed by atoms with van der Waals surface area (Å²) in [5.41, 5.74) is -1.18. The van der Waals surface area contributed by atoms with Crippen LogP contribution in [0.4, 0.5) is 24.7 Å². The van der Waals surface area contributed by atoms with E-state index in [-0.39, 0.29) is 5.56 Å². The number of alkyl halides is 3. The van der Waals surface area contributed by atoms with Gasteiger partial charge in [0.2, 0.25) is 5.82 Å². The quantitative estimate of drug-likeness (QED) is 0.497. The second kappa shape index (κ2) is 6.82. The second-order valence-electron chi connectivity index (χ2n) is 5.15. The molecule has 0 unspecified atom stereocenters. The largest absolute Gasteiger partial charge is 0.416 e. The number of hydrogen-bond acceptors (Lipinski definition) is 6. The van der Waals surface area contributed by atoms with Crippen molar-refractivity contribution in [2.75, 3.05) is 5.43 Å². The molecule has 0 aliphatic rings. The number of aromatic nitrogens is 2. The molecule has 2 aromatic rings. The van der Waals surface area contributed by atoms with E-state index in [1.807, 2.05) is 0 Å². The van der Waals surface area contributed by atoms with Crippen molar-refractivity contribution in [3.8, 4) is 0 Å². The molecule has 0 saturated heterocycles. The Morgan fingerprint density at radius 1 is 1.15 bits per heavy atom. The summed E-state index contributed by atoms with van der Waals surface area (Å²) >= 11 is 0. The van der Waals surface area contributed by atoms with E-state index in [1.54, 1.807) is 0 Å². The Hall–Kier alpha value is -3.44. The molecular formula is C14H12F3N5O4. The molecule has 9 nitrogen and oxygen atoms in total. The highest BCUT2D eigenvalue weighted by Gasteiger charge is 2.30. The zero-order valence-corrected chi connectivity index (χ0v) is 13.4. The minimum atomic E-state index is -4.48. The SMILES string of the molecule is Cn1c(NN=Cc2ccc(C(F)(F)F)cc2)c([N+](=O)[O-])c(=O)n(C)c1=O. The molecule has 0 aliphatic heterocycles. The van der Waals surface area contributed by atoms with Gasteiger partial charge < -0.3 is 0 Å². The lowest BCUT2D eigenvalue weighted by atomic mass is 10.1. The third-order valence-corrected chi connectivity index (χ3v) is 3.45. The first kappa shape index (κ1) is 18.9. The minimum Gasteiger partial charge on any atom is -0.276 e. The Labute approximate surface area is 143 Å². The lowest BCUT2D eigenvalue weighted by molar-refractivity contribution is -0.386. The number of rotatable bonds is 4. The summed E-state index contributed by atoms with van der Waals surface area (Å²) in [5.74, 6) is -0.453. The maximum Gasteiger partial charge on any atom is 0.416 e. The minimum absolute atomic E-state index is 0.266. The van der Waals surface area contributed by atoms with Gasteiger partial charge in [-0.1, -0.05) is 12.1 Å². The molecule has 1 aromatic carbocycles. The van der Waals surface area contributed by atoms with Gasteiger partial charge in [0, 0.05) is 14.1 Å². The molecule has 1 aromatic heterocycles. The van der Waals surface area contributed by atoms with Gasteiger partial charge in [0.15, 0.2) is 0 Å². The van der Waals surface area contributed by atoms with Crippen LogP contribution in [0.1, 0.15) is 11.1 Å². The number of hydrogen-bond donors (Lipinski definition) is 1. The van der Waals surface area contributed by atoms with Crippen molar-refractivity contribution < 1.29 is 18.1 Å². The van der Waals surface area contributed by atoms with Gasteiger partial charge in [-0.15, -0.1) is 0 Å². The van der Waals surface area contributed by atoms with E-state index in [9.17, 15) is 32.9 Å². The number of nitro groups is 1. The van der Waals surface area contributed by atoms with E-state index >= 15 is 0 Å². The summed E-state index contributed by atoms with van der Waals surface area (Å²) < 4.78 is 38.9. The maximum absolute atomic E-state index is 12.5. The number of nitrogens with zero attached hydrogens (tertiary/aromatic N) is 4. The Kier molecular flexibility index (Phi) is 4.95. The number of benzene rings is 1. The van der Waals surface area contributed by atoms with Crippen molar-refractivity contribution in [2.24, 2.45) is 19.2 Å². The summed E-state index contributed by atoms with van der Waals surface area (Å²) in [4.78, 5) is 33.9. The van der Waals surface area contributed by atoms with Crippen molar-refractivity contribution in [3.63, 3.8) is 0 Å². The highest BCUT2D eigenvalue weighted by atomic mass is 19.4. The van der Waals surface area contributed by atoms with E-state index in [1.165, 1.54) is 7.05 Å². The van der Waals surface area contributed by atoms with E-state index in [0.29, 0.717) is 4.57 Å². The zero-order valence-electron chi connectivity index (χ0n) is 13.4. The summed E-state index contributed by atoms with van der Waals surface area (Å²) in [6.45, 7) is 0. The molecule has 0 bridgehead atoms. The molecular weight excluding hydrogens is 359 g/mol. The van der Waals surface area contributed by atoms with Crippen molar-refractivity contribution in [3.05, 3.63) is 66.3 Å². The van der Waals surface area contributed by atoms with Crippen molar-refractivity contribution in [2.45, 2.75) is 6.18 Å². The Morgan fingerprint density at radius 2 is 1.73 bits per heavy atom. The van der Waals surface area contributed by atoms with Crippen LogP contribution in [0, 0.1) is 10.1 Å². The molecule has 26 heavy (non-hydrogen) atoms. The molecule has 2 rings (SSSR count). The summed E-state index contributed by atoms with van der Waals surface area (Å²) in [5, 5.41) is 14.8. The van der Waals surface area contributed by atoms with Gasteiger partial charge in [-0.2, -0.15) is 18.3 Å². The van der Waals surface area contributed by atoms with Crippen LogP contribution in [0.25, 0.3) is 0 Å². The molecule has 138 valence electrons. The summed E-state index contributed by atoms with van der Waals surface area (Å²) in [6.07, 6.45) is -3.39. The molecule has 0 aliphatic carbocycles. The normalized spacial score (nSPS) is 11.7. The highest BCUT2D eigenvalue weighted by molar-refractivity contribution is 5.80. The van der Waals surface area contributed by atoms with Gasteiger partial charge in [0.1, 0.15) is 0 Å². The van der Waals surface area contributed by atoms with Crippen LogP contribution in [0.2, 0.25) is 0 Å². The van der Waals surface area contributed by atoms with Gasteiger partial charge in [-0.3, -0.25) is 29.5 Å². The Balaban J connectivity index is 2.35. The van der Waals surface area contributed by atoms with E-state index < -0.39 is 39.4 Å². The average molecular weight is 371 g/mol. The van der Waals surface area contributed by atoms with E-state index in [4.69, 9.17) is 0 Å². The van der Waals surface area contributed by atoms with Crippen LogP contribution in [-0.2, 0) is 20.3 Å². The first-order chi connectivity index (χ1) is 12.0. The van der Waals surface area contributed by atoms with Gasteiger partial charge in [0.05, 0.1) is 16.7 Å². The lowest BCUT2D eigenvalue weighted by Crippen LogP contribution is -2.39. The van der Waals surface area contributed by atoms with Gasteiger partial charge in [-0.25, -0.2) is 4.79 Å². The van der Waals surface area contributed by atoms with Crippen molar-refractivity contribution in [1.82, 2.24) is 9.13 Å². The van der Waals surface area contributed by atoms with Crippen LogP contribution < -0.4 is 16.7 Å².